The Morgan fingerprint density at radius 2 is 1.26 bits per heavy atom. The molecule has 120 valence electrons. The highest BCUT2D eigenvalue weighted by Gasteiger charge is 2.05. The molecule has 0 spiro atoms. The van der Waals surface area contributed by atoms with E-state index in [1.54, 1.807) is 12.4 Å². The number of halogens is 1. The fourth-order valence-corrected chi connectivity index (χ4v) is 1.01. The van der Waals surface area contributed by atoms with Gasteiger partial charge in [0.2, 0.25) is 11.9 Å². The average Bonchev–Trinajstić information content (AvgIpc) is 2.52. The summed E-state index contributed by atoms with van der Waals surface area (Å²) in [5.74, 6) is 2.94. The van der Waals surface area contributed by atoms with E-state index < -0.39 is 8.07 Å². The van der Waals surface area contributed by atoms with Gasteiger partial charge in [-0.25, -0.2) is 19.9 Å². The molecular formula is C15H19IN6Si. The molecule has 2 rings (SSSR count). The van der Waals surface area contributed by atoms with Crippen molar-refractivity contribution in [3.8, 4) is 24.3 Å². The van der Waals surface area contributed by atoms with Gasteiger partial charge in [-0.2, -0.15) is 0 Å². The lowest BCUT2D eigenvalue weighted by Gasteiger charge is -2.00. The number of hydrogen-bond acceptors (Lipinski definition) is 6. The van der Waals surface area contributed by atoms with Crippen molar-refractivity contribution in [1.29, 1.82) is 0 Å². The van der Waals surface area contributed by atoms with E-state index in [2.05, 4.69) is 73.6 Å². The molecule has 0 radical (unpaired) electrons. The molecular weight excluding hydrogens is 419 g/mol. The first-order valence-electron chi connectivity index (χ1n) is 6.43. The second kappa shape index (κ2) is 10.5. The van der Waals surface area contributed by atoms with Crippen LogP contribution in [0.25, 0.3) is 0 Å². The molecule has 0 bridgehead atoms. The number of nitrogens with zero attached hydrogens (tertiary/aromatic N) is 4. The van der Waals surface area contributed by atoms with Gasteiger partial charge in [0.1, 0.15) is 8.07 Å². The zero-order valence-electron chi connectivity index (χ0n) is 13.3. The standard InChI is InChI=1S/C6H5N3.C5H10Si.C4H4IN3/c1-2-5-3-8-6(7)9-4-5;1-5-6(2,3)4;5-3-1-7-4(6)8-2-3/h1,3-4H,(H2,7,8,9);1H,2-4H3;1-2H,(H2,6,7,8). The Kier molecular flexibility index (Phi) is 9.54. The predicted octanol–water partition coefficient (Wildman–Crippen LogP) is 2.20. The molecule has 0 aliphatic heterocycles. The third-order valence-electron chi connectivity index (χ3n) is 1.91. The molecule has 0 aliphatic rings. The molecule has 2 aromatic heterocycles. The molecule has 0 unspecified atom stereocenters. The Morgan fingerprint density at radius 1 is 0.913 bits per heavy atom. The van der Waals surface area contributed by atoms with E-state index in [1.807, 2.05) is 0 Å². The van der Waals surface area contributed by atoms with Crippen LogP contribution >= 0.6 is 22.6 Å². The third kappa shape index (κ3) is 12.1. The van der Waals surface area contributed by atoms with Crippen molar-refractivity contribution in [2.75, 3.05) is 11.5 Å². The number of nitrogens with two attached hydrogens (primary N) is 2. The SMILES string of the molecule is C#C[Si](C)(C)C.C#Cc1cnc(N)nc1.Nc1ncc(I)cn1. The summed E-state index contributed by atoms with van der Waals surface area (Å²) in [5.41, 5.74) is 13.8. The van der Waals surface area contributed by atoms with Gasteiger partial charge in [0.05, 0.1) is 5.56 Å². The largest absolute Gasteiger partial charge is 0.368 e. The van der Waals surface area contributed by atoms with E-state index in [-0.39, 0.29) is 5.95 Å². The van der Waals surface area contributed by atoms with Crippen LogP contribution in [0.3, 0.4) is 0 Å². The molecule has 0 aliphatic carbocycles. The summed E-state index contributed by atoms with van der Waals surface area (Å²) in [6, 6.07) is 0. The molecule has 0 atom stereocenters. The summed E-state index contributed by atoms with van der Waals surface area (Å²) in [6.45, 7) is 6.44. The second-order valence-electron chi connectivity index (χ2n) is 5.13. The van der Waals surface area contributed by atoms with Crippen LogP contribution in [0.4, 0.5) is 11.9 Å². The van der Waals surface area contributed by atoms with E-state index in [0.717, 1.165) is 3.57 Å². The Bertz CT molecular complexity index is 645. The van der Waals surface area contributed by atoms with Gasteiger partial charge < -0.3 is 11.5 Å². The van der Waals surface area contributed by atoms with Crippen LogP contribution in [0.1, 0.15) is 5.56 Å². The van der Waals surface area contributed by atoms with E-state index in [0.29, 0.717) is 11.5 Å². The van der Waals surface area contributed by atoms with Crippen LogP contribution in [0.5, 0.6) is 0 Å². The molecule has 0 saturated carbocycles. The van der Waals surface area contributed by atoms with Crippen molar-refractivity contribution in [3.63, 3.8) is 0 Å². The summed E-state index contributed by atoms with van der Waals surface area (Å²) < 4.78 is 0.997. The zero-order valence-corrected chi connectivity index (χ0v) is 16.4. The minimum Gasteiger partial charge on any atom is -0.368 e. The normalized spacial score (nSPS) is 9.13. The van der Waals surface area contributed by atoms with Crippen LogP contribution in [-0.2, 0) is 0 Å². The summed E-state index contributed by atoms with van der Waals surface area (Å²) in [6.07, 6.45) is 16.5. The Balaban J connectivity index is 0.000000323. The van der Waals surface area contributed by atoms with Crippen molar-refractivity contribution in [2.45, 2.75) is 19.6 Å². The number of anilines is 2. The van der Waals surface area contributed by atoms with Crippen molar-refractivity contribution in [1.82, 2.24) is 19.9 Å². The molecule has 4 N–H and O–H groups in total. The van der Waals surface area contributed by atoms with Gasteiger partial charge in [-0.3, -0.25) is 0 Å². The number of nitrogen functional groups attached to an aromatic ring is 2. The molecule has 0 saturated heterocycles. The fraction of sp³-hybridized carbons (Fsp3) is 0.200. The van der Waals surface area contributed by atoms with Crippen LogP contribution in [0.2, 0.25) is 19.6 Å². The van der Waals surface area contributed by atoms with Crippen molar-refractivity contribution < 1.29 is 0 Å². The van der Waals surface area contributed by atoms with Crippen LogP contribution in [-0.4, -0.2) is 28.0 Å². The van der Waals surface area contributed by atoms with Gasteiger partial charge in [0.15, 0.2) is 0 Å². The summed E-state index contributed by atoms with van der Waals surface area (Å²) in [5, 5.41) is 0. The van der Waals surface area contributed by atoms with Crippen LogP contribution in [0, 0.1) is 27.9 Å². The Hall–Kier alpha value is -2.17. The number of hydrogen-bond donors (Lipinski definition) is 2. The van der Waals surface area contributed by atoms with E-state index in [4.69, 9.17) is 24.3 Å². The highest BCUT2D eigenvalue weighted by Crippen LogP contribution is 1.98. The number of aromatic nitrogens is 4. The first-order chi connectivity index (χ1) is 10.7. The summed E-state index contributed by atoms with van der Waals surface area (Å²) in [4.78, 5) is 14.8. The first kappa shape index (κ1) is 20.8. The van der Waals surface area contributed by atoms with Gasteiger partial charge in [0.25, 0.3) is 0 Å². The Morgan fingerprint density at radius 3 is 1.52 bits per heavy atom. The van der Waals surface area contributed by atoms with Crippen molar-refractivity contribution >= 4 is 42.6 Å². The lowest BCUT2D eigenvalue weighted by molar-refractivity contribution is 1.17. The topological polar surface area (TPSA) is 104 Å². The molecule has 2 heterocycles. The summed E-state index contributed by atoms with van der Waals surface area (Å²) >= 11 is 2.12. The van der Waals surface area contributed by atoms with Crippen LogP contribution < -0.4 is 11.5 Å². The van der Waals surface area contributed by atoms with Gasteiger partial charge >= 0.3 is 0 Å². The second-order valence-corrected chi connectivity index (χ2v) is 11.2. The monoisotopic (exact) mass is 438 g/mol. The quantitative estimate of drug-likeness (QED) is 0.371. The molecule has 6 nitrogen and oxygen atoms in total. The maximum absolute atomic E-state index is 5.20. The van der Waals surface area contributed by atoms with Gasteiger partial charge in [0, 0.05) is 28.4 Å². The van der Waals surface area contributed by atoms with Gasteiger partial charge in [-0.15, -0.1) is 18.4 Å². The van der Waals surface area contributed by atoms with E-state index >= 15 is 0 Å². The molecule has 23 heavy (non-hydrogen) atoms. The smallest absolute Gasteiger partial charge is 0.219 e. The van der Waals surface area contributed by atoms with Crippen molar-refractivity contribution in [2.24, 2.45) is 0 Å². The summed E-state index contributed by atoms with van der Waals surface area (Å²) in [7, 11) is -1.10. The number of rotatable bonds is 0. The average molecular weight is 438 g/mol. The lowest BCUT2D eigenvalue weighted by Crippen LogP contribution is -2.15. The predicted molar refractivity (Wildman–Crippen MR) is 106 cm³/mol. The maximum atomic E-state index is 5.20. The number of terminal acetylenes is 2. The molecule has 0 fully saturated rings. The zero-order chi connectivity index (χ0) is 17.9. The highest BCUT2D eigenvalue weighted by molar-refractivity contribution is 14.1. The maximum Gasteiger partial charge on any atom is 0.219 e. The highest BCUT2D eigenvalue weighted by atomic mass is 127. The van der Waals surface area contributed by atoms with E-state index in [9.17, 15) is 0 Å². The molecule has 0 amide bonds. The van der Waals surface area contributed by atoms with E-state index in [1.165, 1.54) is 12.4 Å². The van der Waals surface area contributed by atoms with Gasteiger partial charge in [-0.05, 0) is 22.6 Å². The van der Waals surface area contributed by atoms with Crippen molar-refractivity contribution in [3.05, 3.63) is 33.9 Å². The van der Waals surface area contributed by atoms with Crippen LogP contribution in [0.15, 0.2) is 24.8 Å². The van der Waals surface area contributed by atoms with Gasteiger partial charge in [-0.1, -0.05) is 25.6 Å². The fourth-order valence-electron chi connectivity index (χ4n) is 0.735. The minimum atomic E-state index is -1.10. The molecule has 8 heteroatoms. The molecule has 0 aromatic carbocycles. The minimum absolute atomic E-state index is 0.244. The Labute approximate surface area is 151 Å². The third-order valence-corrected chi connectivity index (χ3v) is 3.33. The lowest BCUT2D eigenvalue weighted by atomic mass is 10.4. The first-order valence-corrected chi connectivity index (χ1v) is 11.0. The molecule has 2 aromatic rings.